The first-order chi connectivity index (χ1) is 12.8. The van der Waals surface area contributed by atoms with Gasteiger partial charge in [-0.05, 0) is 29.7 Å². The van der Waals surface area contributed by atoms with Gasteiger partial charge in [-0.2, -0.15) is 0 Å². The highest BCUT2D eigenvalue weighted by molar-refractivity contribution is 5.97. The third-order valence-corrected chi connectivity index (χ3v) is 4.74. The summed E-state index contributed by atoms with van der Waals surface area (Å²) in [4.78, 5) is 14.8. The maximum atomic E-state index is 12.9. The first kappa shape index (κ1) is 16.4. The van der Waals surface area contributed by atoms with Crippen LogP contribution in [0.15, 0.2) is 78.9 Å². The zero-order valence-electron chi connectivity index (χ0n) is 14.6. The normalized spacial score (nSPS) is 13.4. The summed E-state index contributed by atoms with van der Waals surface area (Å²) in [7, 11) is 0. The number of ether oxygens (including phenoxy) is 1. The predicted octanol–water partition coefficient (Wildman–Crippen LogP) is 4.46. The van der Waals surface area contributed by atoms with Gasteiger partial charge < -0.3 is 9.64 Å². The van der Waals surface area contributed by atoms with Crippen LogP contribution < -0.4 is 4.74 Å². The Hall–Kier alpha value is -3.07. The van der Waals surface area contributed by atoms with E-state index in [1.54, 1.807) is 0 Å². The molecule has 0 atom stereocenters. The second kappa shape index (κ2) is 7.44. The van der Waals surface area contributed by atoms with E-state index < -0.39 is 0 Å². The van der Waals surface area contributed by atoms with E-state index in [1.165, 1.54) is 0 Å². The summed E-state index contributed by atoms with van der Waals surface area (Å²) in [6, 6.07) is 26.0. The molecular weight excluding hydrogens is 322 g/mol. The molecule has 0 aliphatic carbocycles. The maximum absolute atomic E-state index is 12.9. The maximum Gasteiger partial charge on any atom is 0.254 e. The fourth-order valence-electron chi connectivity index (χ4n) is 3.37. The number of benzene rings is 3. The largest absolute Gasteiger partial charge is 0.489 e. The average Bonchev–Trinajstić information content (AvgIpc) is 2.70. The van der Waals surface area contributed by atoms with Crippen molar-refractivity contribution in [3.63, 3.8) is 0 Å². The lowest BCUT2D eigenvalue weighted by molar-refractivity contribution is 0.0725. The first-order valence-electron chi connectivity index (χ1n) is 8.93. The molecular formula is C23H21NO2. The molecule has 3 aromatic carbocycles. The number of nitrogens with zero attached hydrogens (tertiary/aromatic N) is 1. The lowest BCUT2D eigenvalue weighted by atomic mass is 9.97. The van der Waals surface area contributed by atoms with Gasteiger partial charge in [-0.1, -0.05) is 66.7 Å². The molecule has 0 bridgehead atoms. The van der Waals surface area contributed by atoms with Crippen molar-refractivity contribution in [3.05, 3.63) is 101 Å². The Morgan fingerprint density at radius 1 is 0.808 bits per heavy atom. The van der Waals surface area contributed by atoms with Crippen LogP contribution >= 0.6 is 0 Å². The van der Waals surface area contributed by atoms with Gasteiger partial charge in [0.2, 0.25) is 0 Å². The number of amides is 1. The minimum Gasteiger partial charge on any atom is -0.489 e. The third-order valence-electron chi connectivity index (χ3n) is 4.74. The molecule has 0 N–H and O–H groups in total. The van der Waals surface area contributed by atoms with Crippen molar-refractivity contribution in [2.45, 2.75) is 19.6 Å². The van der Waals surface area contributed by atoms with E-state index >= 15 is 0 Å². The van der Waals surface area contributed by atoms with Crippen LogP contribution in [0.1, 0.15) is 27.0 Å². The molecule has 4 rings (SSSR count). The number of carbonyl (C=O) groups is 1. The van der Waals surface area contributed by atoms with Crippen LogP contribution in [-0.2, 0) is 19.6 Å². The van der Waals surface area contributed by atoms with Gasteiger partial charge in [0.25, 0.3) is 5.91 Å². The van der Waals surface area contributed by atoms with Crippen LogP contribution in [0.25, 0.3) is 0 Å². The molecule has 0 fully saturated rings. The van der Waals surface area contributed by atoms with Gasteiger partial charge in [0.1, 0.15) is 12.4 Å². The van der Waals surface area contributed by atoms with E-state index in [0.717, 1.165) is 34.4 Å². The quantitative estimate of drug-likeness (QED) is 0.684. The summed E-state index contributed by atoms with van der Waals surface area (Å²) in [5.74, 6) is 0.902. The predicted molar refractivity (Wildman–Crippen MR) is 102 cm³/mol. The molecule has 1 amide bonds. The number of rotatable bonds is 5. The van der Waals surface area contributed by atoms with E-state index in [-0.39, 0.29) is 5.91 Å². The molecule has 26 heavy (non-hydrogen) atoms. The van der Waals surface area contributed by atoms with Gasteiger partial charge in [-0.15, -0.1) is 0 Å². The molecule has 1 aliphatic heterocycles. The zero-order valence-corrected chi connectivity index (χ0v) is 14.6. The molecule has 0 unspecified atom stereocenters. The highest BCUT2D eigenvalue weighted by Gasteiger charge is 2.26. The second-order valence-electron chi connectivity index (χ2n) is 6.52. The number of hydrogen-bond donors (Lipinski definition) is 0. The average molecular weight is 343 g/mol. The van der Waals surface area contributed by atoms with Gasteiger partial charge in [0.05, 0.1) is 0 Å². The minimum absolute atomic E-state index is 0.0836. The van der Waals surface area contributed by atoms with Crippen LogP contribution in [0.5, 0.6) is 5.75 Å². The Morgan fingerprint density at radius 3 is 2.23 bits per heavy atom. The molecule has 3 heteroatoms. The monoisotopic (exact) mass is 343 g/mol. The third kappa shape index (κ3) is 3.47. The van der Waals surface area contributed by atoms with Crippen LogP contribution in [0.4, 0.5) is 0 Å². The Morgan fingerprint density at radius 2 is 1.50 bits per heavy atom. The van der Waals surface area contributed by atoms with Crippen LogP contribution in [0, 0.1) is 0 Å². The molecule has 0 radical (unpaired) electrons. The molecule has 0 spiro atoms. The number of hydrogen-bond acceptors (Lipinski definition) is 2. The SMILES string of the molecule is O=C1c2cccc(OCc3ccccc3)c2CCN1Cc1ccccc1. The van der Waals surface area contributed by atoms with Gasteiger partial charge in [0, 0.05) is 24.2 Å². The van der Waals surface area contributed by atoms with Crippen molar-refractivity contribution in [1.29, 1.82) is 0 Å². The molecule has 3 nitrogen and oxygen atoms in total. The minimum atomic E-state index is 0.0836. The van der Waals surface area contributed by atoms with Gasteiger partial charge in [-0.3, -0.25) is 4.79 Å². The Balaban J connectivity index is 1.51. The van der Waals surface area contributed by atoms with E-state index in [0.29, 0.717) is 19.7 Å². The van der Waals surface area contributed by atoms with Gasteiger partial charge in [0.15, 0.2) is 0 Å². The molecule has 0 saturated heterocycles. The van der Waals surface area contributed by atoms with Crippen molar-refractivity contribution in [2.24, 2.45) is 0 Å². The summed E-state index contributed by atoms with van der Waals surface area (Å²) < 4.78 is 6.02. The summed E-state index contributed by atoms with van der Waals surface area (Å²) in [6.07, 6.45) is 0.818. The van der Waals surface area contributed by atoms with E-state index in [9.17, 15) is 4.79 Å². The number of carbonyl (C=O) groups excluding carboxylic acids is 1. The Bertz CT molecular complexity index is 891. The van der Waals surface area contributed by atoms with E-state index in [4.69, 9.17) is 4.74 Å². The lowest BCUT2D eigenvalue weighted by Gasteiger charge is -2.29. The van der Waals surface area contributed by atoms with Crippen molar-refractivity contribution in [1.82, 2.24) is 4.90 Å². The summed E-state index contributed by atoms with van der Waals surface area (Å²) in [6.45, 7) is 1.87. The van der Waals surface area contributed by atoms with Crippen LogP contribution in [0.3, 0.4) is 0 Å². The molecule has 3 aromatic rings. The molecule has 1 heterocycles. The summed E-state index contributed by atoms with van der Waals surface area (Å²) in [5, 5.41) is 0. The van der Waals surface area contributed by atoms with E-state index in [2.05, 4.69) is 12.1 Å². The van der Waals surface area contributed by atoms with Gasteiger partial charge >= 0.3 is 0 Å². The topological polar surface area (TPSA) is 29.5 Å². The molecule has 0 saturated carbocycles. The summed E-state index contributed by atoms with van der Waals surface area (Å²) >= 11 is 0. The van der Waals surface area contributed by atoms with Crippen LogP contribution in [0.2, 0.25) is 0 Å². The fourth-order valence-corrected chi connectivity index (χ4v) is 3.37. The van der Waals surface area contributed by atoms with E-state index in [1.807, 2.05) is 71.6 Å². The molecule has 130 valence electrons. The van der Waals surface area contributed by atoms with Crippen molar-refractivity contribution in [2.75, 3.05) is 6.54 Å². The summed E-state index contributed by atoms with van der Waals surface area (Å²) in [5.41, 5.74) is 4.06. The van der Waals surface area contributed by atoms with Crippen molar-refractivity contribution < 1.29 is 9.53 Å². The molecule has 0 aromatic heterocycles. The Labute approximate surface area is 153 Å². The van der Waals surface area contributed by atoms with Crippen LogP contribution in [-0.4, -0.2) is 17.4 Å². The fraction of sp³-hybridized carbons (Fsp3) is 0.174. The highest BCUT2D eigenvalue weighted by atomic mass is 16.5. The smallest absolute Gasteiger partial charge is 0.254 e. The van der Waals surface area contributed by atoms with Crippen molar-refractivity contribution in [3.8, 4) is 5.75 Å². The van der Waals surface area contributed by atoms with Crippen molar-refractivity contribution >= 4 is 5.91 Å². The van der Waals surface area contributed by atoms with Gasteiger partial charge in [-0.25, -0.2) is 0 Å². The first-order valence-corrected chi connectivity index (χ1v) is 8.93. The second-order valence-corrected chi connectivity index (χ2v) is 6.52. The highest BCUT2D eigenvalue weighted by Crippen LogP contribution is 2.29. The molecule has 1 aliphatic rings. The Kier molecular flexibility index (Phi) is 4.69. The number of fused-ring (bicyclic) bond motifs is 1. The lowest BCUT2D eigenvalue weighted by Crippen LogP contribution is -2.37. The standard InChI is InChI=1S/C23H21NO2/c25-23-21-12-7-13-22(26-17-19-10-5-2-6-11-19)20(21)14-15-24(23)16-18-8-3-1-4-9-18/h1-13H,14-17H2. The zero-order chi connectivity index (χ0) is 17.8.